The number of amides is 3. The number of aromatic hydroxyl groups is 1. The molecule has 16 heteroatoms. The first-order valence-electron chi connectivity index (χ1n) is 13.9. The van der Waals surface area contributed by atoms with Gasteiger partial charge in [-0.25, -0.2) is 9.78 Å². The average molecular weight is 603 g/mol. The van der Waals surface area contributed by atoms with Gasteiger partial charge in [-0.3, -0.25) is 19.4 Å². The standard InChI is InChI=1S/C27H42N10O6/c28-10-2-1-4-20(24(40)36-21(26(42)43)5-3-11-33-27(30)31)35-25(41)22(12-16-6-8-18(38)9-7-16)37-23(39)19(29)13-17-14-32-15-34-17/h6-9,14-15,19-22,38H,1-5,10-13,28-29H2,(H,32,34)(H,35,41)(H,36,40)(H,37,39)(H,42,43)(H4,30,31,33). The second kappa shape index (κ2) is 18.0. The summed E-state index contributed by atoms with van der Waals surface area (Å²) in [5.74, 6) is -3.35. The predicted octanol–water partition coefficient (Wildman–Crippen LogP) is -2.05. The third kappa shape index (κ3) is 12.8. The number of carboxylic acid groups (broad SMARTS) is 1. The highest BCUT2D eigenvalue weighted by Crippen LogP contribution is 2.13. The Hall–Kier alpha value is -4.70. The Morgan fingerprint density at radius 1 is 0.884 bits per heavy atom. The quantitative estimate of drug-likeness (QED) is 0.0474. The van der Waals surface area contributed by atoms with E-state index in [9.17, 15) is 29.4 Å². The maximum Gasteiger partial charge on any atom is 0.326 e. The Morgan fingerprint density at radius 2 is 1.51 bits per heavy atom. The number of carbonyl (C=O) groups excluding carboxylic acids is 3. The Balaban J connectivity index is 2.19. The van der Waals surface area contributed by atoms with Gasteiger partial charge in [-0.05, 0) is 56.3 Å². The molecular formula is C27H42N10O6. The molecule has 236 valence electrons. The number of guanidine groups is 1. The van der Waals surface area contributed by atoms with Gasteiger partial charge < -0.3 is 54.1 Å². The number of nitrogens with zero attached hydrogens (tertiary/aromatic N) is 2. The van der Waals surface area contributed by atoms with Crippen molar-refractivity contribution in [2.24, 2.45) is 27.9 Å². The van der Waals surface area contributed by atoms with E-state index < -0.39 is 47.9 Å². The van der Waals surface area contributed by atoms with Crippen LogP contribution in [0.15, 0.2) is 41.8 Å². The van der Waals surface area contributed by atoms with Gasteiger partial charge in [0, 0.05) is 31.3 Å². The van der Waals surface area contributed by atoms with Crippen molar-refractivity contribution in [1.29, 1.82) is 0 Å². The van der Waals surface area contributed by atoms with E-state index in [1.165, 1.54) is 24.7 Å². The lowest BCUT2D eigenvalue weighted by Crippen LogP contribution is -2.57. The van der Waals surface area contributed by atoms with Crippen molar-refractivity contribution in [3.05, 3.63) is 48.0 Å². The van der Waals surface area contributed by atoms with Gasteiger partial charge in [0.1, 0.15) is 23.9 Å². The summed E-state index contributed by atoms with van der Waals surface area (Å²) >= 11 is 0. The van der Waals surface area contributed by atoms with Gasteiger partial charge >= 0.3 is 5.97 Å². The van der Waals surface area contributed by atoms with E-state index in [0.717, 1.165) is 0 Å². The fraction of sp³-hybridized carbons (Fsp3) is 0.481. The number of imidazole rings is 1. The molecule has 2 aromatic rings. The molecule has 0 radical (unpaired) electrons. The zero-order chi connectivity index (χ0) is 31.8. The number of carbonyl (C=O) groups is 4. The van der Waals surface area contributed by atoms with Crippen LogP contribution >= 0.6 is 0 Å². The van der Waals surface area contributed by atoms with Crippen molar-refractivity contribution in [1.82, 2.24) is 25.9 Å². The molecule has 0 saturated carbocycles. The van der Waals surface area contributed by atoms with E-state index in [1.807, 2.05) is 0 Å². The minimum absolute atomic E-state index is 0.0221. The molecular weight excluding hydrogens is 560 g/mol. The third-order valence-electron chi connectivity index (χ3n) is 6.48. The molecule has 0 aliphatic heterocycles. The summed E-state index contributed by atoms with van der Waals surface area (Å²) < 4.78 is 0. The van der Waals surface area contributed by atoms with Gasteiger partial charge in [0.25, 0.3) is 0 Å². The molecule has 0 saturated heterocycles. The second-order valence-electron chi connectivity index (χ2n) is 10.0. The number of phenols is 1. The number of unbranched alkanes of at least 4 members (excludes halogenated alkanes) is 1. The van der Waals surface area contributed by atoms with Crippen molar-refractivity contribution >= 4 is 29.7 Å². The van der Waals surface area contributed by atoms with Crippen molar-refractivity contribution in [3.63, 3.8) is 0 Å². The Bertz CT molecular complexity index is 1200. The summed E-state index contributed by atoms with van der Waals surface area (Å²) in [6.07, 6.45) is 4.71. The van der Waals surface area contributed by atoms with E-state index in [-0.39, 0.29) is 43.9 Å². The van der Waals surface area contributed by atoms with Crippen LogP contribution in [-0.4, -0.2) is 87.1 Å². The first-order chi connectivity index (χ1) is 20.5. The number of aromatic nitrogens is 2. The molecule has 0 fully saturated rings. The van der Waals surface area contributed by atoms with Gasteiger partial charge in [0.05, 0.1) is 12.4 Å². The van der Waals surface area contributed by atoms with E-state index in [2.05, 4.69) is 30.9 Å². The molecule has 1 aromatic heterocycles. The zero-order valence-electron chi connectivity index (χ0n) is 23.9. The number of benzene rings is 1. The number of nitrogens with two attached hydrogens (primary N) is 4. The first kappa shape index (κ1) is 34.5. The SMILES string of the molecule is NCCCCC(NC(=O)C(Cc1ccc(O)cc1)NC(=O)C(N)Cc1cnc[nH]1)C(=O)NC(CCCN=C(N)N)C(=O)O. The van der Waals surface area contributed by atoms with Crippen LogP contribution in [0.25, 0.3) is 0 Å². The summed E-state index contributed by atoms with van der Waals surface area (Å²) in [5, 5.41) is 27.1. The van der Waals surface area contributed by atoms with Crippen molar-refractivity contribution in [2.75, 3.05) is 13.1 Å². The monoisotopic (exact) mass is 602 g/mol. The normalized spacial score (nSPS) is 13.6. The number of hydrogen-bond donors (Lipinski definition) is 10. The summed E-state index contributed by atoms with van der Waals surface area (Å²) in [5.41, 5.74) is 23.5. The van der Waals surface area contributed by atoms with Crippen LogP contribution in [0.3, 0.4) is 0 Å². The van der Waals surface area contributed by atoms with Gasteiger partial charge in [-0.1, -0.05) is 12.1 Å². The molecule has 14 N–H and O–H groups in total. The summed E-state index contributed by atoms with van der Waals surface area (Å²) in [4.78, 5) is 62.1. The van der Waals surface area contributed by atoms with E-state index >= 15 is 0 Å². The molecule has 0 aliphatic carbocycles. The van der Waals surface area contributed by atoms with Crippen molar-refractivity contribution < 1.29 is 29.4 Å². The molecule has 43 heavy (non-hydrogen) atoms. The minimum Gasteiger partial charge on any atom is -0.508 e. The van der Waals surface area contributed by atoms with Gasteiger partial charge in [-0.15, -0.1) is 0 Å². The summed E-state index contributed by atoms with van der Waals surface area (Å²) in [6.45, 7) is 0.540. The van der Waals surface area contributed by atoms with Gasteiger partial charge in [-0.2, -0.15) is 0 Å². The Labute approximate surface area is 249 Å². The van der Waals surface area contributed by atoms with Crippen LogP contribution in [0.1, 0.15) is 43.4 Å². The highest BCUT2D eigenvalue weighted by atomic mass is 16.4. The van der Waals surface area contributed by atoms with E-state index in [4.69, 9.17) is 22.9 Å². The lowest BCUT2D eigenvalue weighted by Gasteiger charge is -2.25. The second-order valence-corrected chi connectivity index (χ2v) is 10.0. The highest BCUT2D eigenvalue weighted by molar-refractivity contribution is 5.94. The van der Waals surface area contributed by atoms with Crippen LogP contribution in [0.4, 0.5) is 0 Å². The number of H-pyrrole nitrogens is 1. The first-order valence-corrected chi connectivity index (χ1v) is 13.9. The number of aliphatic carboxylic acids is 1. The number of carboxylic acids is 1. The molecule has 4 atom stereocenters. The molecule has 0 spiro atoms. The predicted molar refractivity (Wildman–Crippen MR) is 158 cm³/mol. The van der Waals surface area contributed by atoms with Crippen LogP contribution in [0, 0.1) is 0 Å². The Morgan fingerprint density at radius 3 is 2.12 bits per heavy atom. The largest absolute Gasteiger partial charge is 0.508 e. The van der Waals surface area contributed by atoms with Crippen LogP contribution < -0.4 is 38.9 Å². The van der Waals surface area contributed by atoms with Gasteiger partial charge in [0.2, 0.25) is 17.7 Å². The highest BCUT2D eigenvalue weighted by Gasteiger charge is 2.30. The maximum atomic E-state index is 13.5. The van der Waals surface area contributed by atoms with Crippen molar-refractivity contribution in [3.8, 4) is 5.75 Å². The molecule has 1 aromatic carbocycles. The molecule has 0 aliphatic rings. The fourth-order valence-corrected chi connectivity index (χ4v) is 4.15. The number of aromatic amines is 1. The number of phenolic OH excluding ortho intramolecular Hbond substituents is 1. The lowest BCUT2D eigenvalue weighted by molar-refractivity contribution is -0.142. The average Bonchev–Trinajstić information content (AvgIpc) is 3.47. The molecule has 2 rings (SSSR count). The van der Waals surface area contributed by atoms with Gasteiger partial charge in [0.15, 0.2) is 5.96 Å². The Kier molecular flexibility index (Phi) is 14.4. The molecule has 16 nitrogen and oxygen atoms in total. The van der Waals surface area contributed by atoms with E-state index in [0.29, 0.717) is 37.1 Å². The van der Waals surface area contributed by atoms with E-state index in [1.54, 1.807) is 12.1 Å². The molecule has 0 bridgehead atoms. The number of rotatable bonds is 19. The summed E-state index contributed by atoms with van der Waals surface area (Å²) in [6, 6.07) is 1.56. The van der Waals surface area contributed by atoms with Crippen LogP contribution in [0.2, 0.25) is 0 Å². The number of hydrogen-bond acceptors (Lipinski definition) is 9. The third-order valence-corrected chi connectivity index (χ3v) is 6.48. The molecule has 4 unspecified atom stereocenters. The molecule has 1 heterocycles. The summed E-state index contributed by atoms with van der Waals surface area (Å²) in [7, 11) is 0. The van der Waals surface area contributed by atoms with Crippen LogP contribution in [-0.2, 0) is 32.0 Å². The number of aliphatic imine (C=N–C) groups is 1. The topological polar surface area (TPSA) is 290 Å². The number of nitrogens with one attached hydrogen (secondary N) is 4. The zero-order valence-corrected chi connectivity index (χ0v) is 23.9. The fourth-order valence-electron chi connectivity index (χ4n) is 4.15. The maximum absolute atomic E-state index is 13.5. The van der Waals surface area contributed by atoms with Crippen molar-refractivity contribution in [2.45, 2.75) is 69.1 Å². The van der Waals surface area contributed by atoms with Crippen LogP contribution in [0.5, 0.6) is 5.75 Å². The molecule has 3 amide bonds. The lowest BCUT2D eigenvalue weighted by atomic mass is 10.0. The minimum atomic E-state index is -1.26. The smallest absolute Gasteiger partial charge is 0.326 e.